The number of carbonyl (C=O) groups is 1. The van der Waals surface area contributed by atoms with Gasteiger partial charge in [-0.2, -0.15) is 0 Å². The molecule has 2 aliphatic heterocycles. The van der Waals surface area contributed by atoms with Crippen LogP contribution in [-0.2, 0) is 0 Å². The second-order valence-electron chi connectivity index (χ2n) is 9.53. The minimum atomic E-state index is -0.260. The van der Waals surface area contributed by atoms with Gasteiger partial charge in [0.2, 0.25) is 0 Å². The Bertz CT molecular complexity index is 752. The Balaban J connectivity index is 1.35. The highest BCUT2D eigenvalue weighted by molar-refractivity contribution is 5.94. The van der Waals surface area contributed by atoms with Gasteiger partial charge in [-0.05, 0) is 63.7 Å². The number of nitrogens with zero attached hydrogens (tertiary/aromatic N) is 2. The first-order valence-corrected chi connectivity index (χ1v) is 11.3. The third-order valence-electron chi connectivity index (χ3n) is 7.33. The molecule has 5 nitrogen and oxygen atoms in total. The molecule has 0 radical (unpaired) electrons. The van der Waals surface area contributed by atoms with Crippen LogP contribution in [0.2, 0.25) is 0 Å². The van der Waals surface area contributed by atoms with Crippen molar-refractivity contribution in [2.45, 2.75) is 64.7 Å². The van der Waals surface area contributed by atoms with Gasteiger partial charge in [-0.3, -0.25) is 9.59 Å². The predicted molar refractivity (Wildman–Crippen MR) is 112 cm³/mol. The molecular formula is C23H35N3O2. The molecular weight excluding hydrogens is 350 g/mol. The van der Waals surface area contributed by atoms with Gasteiger partial charge in [-0.25, -0.2) is 0 Å². The molecule has 1 amide bonds. The van der Waals surface area contributed by atoms with Gasteiger partial charge in [0.05, 0.1) is 0 Å². The van der Waals surface area contributed by atoms with E-state index in [0.29, 0.717) is 0 Å². The first kappa shape index (κ1) is 19.7. The fourth-order valence-electron chi connectivity index (χ4n) is 5.69. The van der Waals surface area contributed by atoms with Gasteiger partial charge in [0, 0.05) is 30.7 Å². The topological polar surface area (TPSA) is 56.4 Å². The van der Waals surface area contributed by atoms with E-state index in [1.807, 2.05) is 17.9 Å². The molecule has 1 N–H and O–H groups in total. The van der Waals surface area contributed by atoms with Crippen LogP contribution in [0.5, 0.6) is 0 Å². The van der Waals surface area contributed by atoms with E-state index >= 15 is 0 Å². The smallest absolute Gasteiger partial charge is 0.260 e. The van der Waals surface area contributed by atoms with Crippen LogP contribution in [0.3, 0.4) is 0 Å². The summed E-state index contributed by atoms with van der Waals surface area (Å²) in [5.41, 5.74) is 1.05. The molecule has 3 aliphatic rings. The lowest BCUT2D eigenvalue weighted by Gasteiger charge is -2.41. The fourth-order valence-corrected chi connectivity index (χ4v) is 5.69. The molecule has 1 unspecified atom stereocenters. The molecule has 4 rings (SSSR count). The van der Waals surface area contributed by atoms with Gasteiger partial charge in [0.1, 0.15) is 5.56 Å². The number of H-pyrrole nitrogens is 1. The highest BCUT2D eigenvalue weighted by Gasteiger charge is 2.43. The molecule has 1 atom stereocenters. The highest BCUT2D eigenvalue weighted by Crippen LogP contribution is 2.39. The van der Waals surface area contributed by atoms with Crippen LogP contribution >= 0.6 is 0 Å². The zero-order valence-corrected chi connectivity index (χ0v) is 17.3. The molecule has 3 heterocycles. The fraction of sp³-hybridized carbons (Fsp3) is 0.739. The number of likely N-dealkylation sites (tertiary alicyclic amines) is 2. The van der Waals surface area contributed by atoms with Crippen molar-refractivity contribution >= 4 is 5.91 Å². The molecule has 5 heteroatoms. The second-order valence-corrected chi connectivity index (χ2v) is 9.53. The maximum atomic E-state index is 12.9. The molecule has 0 aromatic carbocycles. The van der Waals surface area contributed by atoms with Crippen molar-refractivity contribution < 1.29 is 4.79 Å². The number of aromatic nitrogens is 1. The van der Waals surface area contributed by atoms with Crippen LogP contribution in [-0.4, -0.2) is 53.4 Å². The lowest BCUT2D eigenvalue weighted by atomic mass is 9.79. The standard InChI is InChI=1S/C23H35N3O2/c1-18-8-9-20(21(27)24-18)22(28)26-15-12-23(17-26)11-5-13-25(16-23)14-10-19-6-3-2-4-7-19/h8-9,19H,2-7,10-17H2,1H3,(H,24,27). The molecule has 2 saturated heterocycles. The van der Waals surface area contributed by atoms with Crippen molar-refractivity contribution in [3.05, 3.63) is 33.7 Å². The van der Waals surface area contributed by atoms with Crippen molar-refractivity contribution in [1.82, 2.24) is 14.8 Å². The first-order valence-electron chi connectivity index (χ1n) is 11.3. The summed E-state index contributed by atoms with van der Waals surface area (Å²) in [5.74, 6) is 0.832. The monoisotopic (exact) mass is 385 g/mol. The normalized spacial score (nSPS) is 26.8. The molecule has 3 fully saturated rings. The Morgan fingerprint density at radius 3 is 2.71 bits per heavy atom. The predicted octanol–water partition coefficient (Wildman–Crippen LogP) is 3.58. The molecule has 0 bridgehead atoms. The summed E-state index contributed by atoms with van der Waals surface area (Å²) in [6.45, 7) is 6.97. The quantitative estimate of drug-likeness (QED) is 0.862. The molecule has 154 valence electrons. The second kappa shape index (κ2) is 8.40. The first-order chi connectivity index (χ1) is 13.5. The van der Waals surface area contributed by atoms with E-state index in [2.05, 4.69) is 9.88 Å². The molecule has 1 aliphatic carbocycles. The Kier molecular flexibility index (Phi) is 5.91. The Morgan fingerprint density at radius 2 is 1.93 bits per heavy atom. The maximum absolute atomic E-state index is 12.9. The van der Waals surface area contributed by atoms with Crippen LogP contribution in [0.4, 0.5) is 0 Å². The van der Waals surface area contributed by atoms with Gasteiger partial charge in [-0.15, -0.1) is 0 Å². The SMILES string of the molecule is Cc1ccc(C(=O)N2CCC3(CCCN(CCC4CCCCC4)C3)C2)c(=O)[nH]1. The average molecular weight is 386 g/mol. The molecule has 1 saturated carbocycles. The zero-order chi connectivity index (χ0) is 19.6. The summed E-state index contributed by atoms with van der Waals surface area (Å²) >= 11 is 0. The lowest BCUT2D eigenvalue weighted by molar-refractivity contribution is 0.0673. The Hall–Kier alpha value is -1.62. The van der Waals surface area contributed by atoms with Crippen LogP contribution in [0, 0.1) is 18.3 Å². The number of hydrogen-bond acceptors (Lipinski definition) is 3. The third-order valence-corrected chi connectivity index (χ3v) is 7.33. The third kappa shape index (κ3) is 4.35. The Labute approximate surface area is 168 Å². The van der Waals surface area contributed by atoms with Crippen LogP contribution in [0.25, 0.3) is 0 Å². The summed E-state index contributed by atoms with van der Waals surface area (Å²) in [7, 11) is 0. The van der Waals surface area contributed by atoms with Gasteiger partial charge in [0.25, 0.3) is 11.5 Å². The minimum absolute atomic E-state index is 0.0996. The molecule has 1 aromatic heterocycles. The number of pyridine rings is 1. The molecule has 28 heavy (non-hydrogen) atoms. The van der Waals surface area contributed by atoms with E-state index in [0.717, 1.165) is 37.7 Å². The van der Waals surface area contributed by atoms with Crippen LogP contribution in [0.1, 0.15) is 73.8 Å². The number of amides is 1. The molecule has 1 spiro atoms. The summed E-state index contributed by atoms with van der Waals surface area (Å²) in [6, 6.07) is 3.49. The largest absolute Gasteiger partial charge is 0.338 e. The van der Waals surface area contributed by atoms with Gasteiger partial charge < -0.3 is 14.8 Å². The van der Waals surface area contributed by atoms with E-state index in [4.69, 9.17) is 0 Å². The summed E-state index contributed by atoms with van der Waals surface area (Å²) in [5, 5.41) is 0. The van der Waals surface area contributed by atoms with Crippen molar-refractivity contribution in [2.75, 3.05) is 32.7 Å². The van der Waals surface area contributed by atoms with Crippen molar-refractivity contribution in [3.8, 4) is 0 Å². The number of piperidine rings is 1. The number of hydrogen-bond donors (Lipinski definition) is 1. The lowest BCUT2D eigenvalue weighted by Crippen LogP contribution is -2.46. The summed E-state index contributed by atoms with van der Waals surface area (Å²) in [6.07, 6.45) is 12.0. The molecule has 1 aromatic rings. The number of aromatic amines is 1. The van der Waals surface area contributed by atoms with Crippen molar-refractivity contribution in [1.29, 1.82) is 0 Å². The van der Waals surface area contributed by atoms with E-state index in [-0.39, 0.29) is 22.4 Å². The average Bonchev–Trinajstić information content (AvgIpc) is 3.10. The number of carbonyl (C=O) groups excluding carboxylic acids is 1. The highest BCUT2D eigenvalue weighted by atomic mass is 16.2. The van der Waals surface area contributed by atoms with Crippen molar-refractivity contribution in [3.63, 3.8) is 0 Å². The van der Waals surface area contributed by atoms with Crippen molar-refractivity contribution in [2.24, 2.45) is 11.3 Å². The van der Waals surface area contributed by atoms with Gasteiger partial charge in [0.15, 0.2) is 0 Å². The van der Waals surface area contributed by atoms with E-state index in [1.165, 1.54) is 64.5 Å². The number of nitrogens with one attached hydrogen (secondary N) is 1. The van der Waals surface area contributed by atoms with E-state index < -0.39 is 0 Å². The van der Waals surface area contributed by atoms with Crippen LogP contribution in [0.15, 0.2) is 16.9 Å². The van der Waals surface area contributed by atoms with E-state index in [1.54, 1.807) is 6.07 Å². The maximum Gasteiger partial charge on any atom is 0.260 e. The number of aryl methyl sites for hydroxylation is 1. The summed E-state index contributed by atoms with van der Waals surface area (Å²) in [4.78, 5) is 32.4. The number of rotatable bonds is 4. The Morgan fingerprint density at radius 1 is 1.11 bits per heavy atom. The zero-order valence-electron chi connectivity index (χ0n) is 17.3. The van der Waals surface area contributed by atoms with Gasteiger partial charge in [-0.1, -0.05) is 32.1 Å². The van der Waals surface area contributed by atoms with Gasteiger partial charge >= 0.3 is 0 Å². The summed E-state index contributed by atoms with van der Waals surface area (Å²) < 4.78 is 0. The van der Waals surface area contributed by atoms with Crippen LogP contribution < -0.4 is 5.56 Å². The minimum Gasteiger partial charge on any atom is -0.338 e. The van der Waals surface area contributed by atoms with E-state index in [9.17, 15) is 9.59 Å².